The van der Waals surface area contributed by atoms with Crippen LogP contribution in [0.15, 0.2) is 65.8 Å². The van der Waals surface area contributed by atoms with Gasteiger partial charge in [0.15, 0.2) is 5.96 Å². The number of ether oxygens (including phenoxy) is 2. The van der Waals surface area contributed by atoms with E-state index in [2.05, 4.69) is 27.6 Å². The summed E-state index contributed by atoms with van der Waals surface area (Å²) in [6.07, 6.45) is 1.93. The second-order valence-corrected chi connectivity index (χ2v) is 6.46. The molecule has 3 aromatic rings. The average Bonchev–Trinajstić information content (AvgIpc) is 3.23. The van der Waals surface area contributed by atoms with Gasteiger partial charge in [-0.05, 0) is 49.4 Å². The van der Waals surface area contributed by atoms with Gasteiger partial charge < -0.3 is 20.1 Å². The fourth-order valence-corrected chi connectivity index (χ4v) is 2.70. The highest BCUT2D eigenvalue weighted by Gasteiger charge is 2.04. The van der Waals surface area contributed by atoms with Crippen molar-refractivity contribution in [3.8, 4) is 17.2 Å². The third-order valence-corrected chi connectivity index (χ3v) is 4.33. The zero-order chi connectivity index (χ0) is 20.5. The molecule has 29 heavy (non-hydrogen) atoms. The van der Waals surface area contributed by atoms with E-state index in [1.54, 1.807) is 14.2 Å². The maximum atomic E-state index is 5.72. The van der Waals surface area contributed by atoms with Crippen LogP contribution in [0, 0.1) is 6.92 Å². The molecule has 0 unspecified atom stereocenters. The Bertz CT molecular complexity index is 917. The molecule has 0 aliphatic rings. The van der Waals surface area contributed by atoms with Crippen LogP contribution in [0.4, 0.5) is 0 Å². The Morgan fingerprint density at radius 2 is 1.72 bits per heavy atom. The number of methoxy groups -OCH3 is 1. The van der Waals surface area contributed by atoms with E-state index in [9.17, 15) is 0 Å². The number of guanidine groups is 1. The summed E-state index contributed by atoms with van der Waals surface area (Å²) in [5.41, 5.74) is 3.11. The van der Waals surface area contributed by atoms with E-state index in [1.807, 2.05) is 65.5 Å². The minimum absolute atomic E-state index is 0.551. The molecule has 2 N–H and O–H groups in total. The highest BCUT2D eigenvalue weighted by atomic mass is 16.5. The average molecular weight is 393 g/mol. The predicted molar refractivity (Wildman–Crippen MR) is 115 cm³/mol. The monoisotopic (exact) mass is 393 g/mol. The first kappa shape index (κ1) is 20.3. The van der Waals surface area contributed by atoms with Gasteiger partial charge in [-0.15, -0.1) is 0 Å². The second kappa shape index (κ2) is 10.2. The lowest BCUT2D eigenvalue weighted by atomic mass is 10.2. The van der Waals surface area contributed by atoms with E-state index in [-0.39, 0.29) is 0 Å². The minimum Gasteiger partial charge on any atom is -0.497 e. The molecular formula is C22H27N5O2. The first-order valence-corrected chi connectivity index (χ1v) is 9.51. The van der Waals surface area contributed by atoms with Crippen molar-refractivity contribution in [1.29, 1.82) is 0 Å². The van der Waals surface area contributed by atoms with E-state index in [0.717, 1.165) is 22.9 Å². The maximum Gasteiger partial charge on any atom is 0.191 e. The molecule has 0 radical (unpaired) electrons. The van der Waals surface area contributed by atoms with Crippen LogP contribution in [0.1, 0.15) is 11.3 Å². The predicted octanol–water partition coefficient (Wildman–Crippen LogP) is 2.93. The van der Waals surface area contributed by atoms with Gasteiger partial charge in [0, 0.05) is 13.2 Å². The molecule has 0 amide bonds. The molecule has 1 aromatic heterocycles. The number of aromatic nitrogens is 2. The van der Waals surface area contributed by atoms with Crippen LogP contribution in [0.3, 0.4) is 0 Å². The van der Waals surface area contributed by atoms with Crippen molar-refractivity contribution in [3.63, 3.8) is 0 Å². The molecule has 0 saturated carbocycles. The van der Waals surface area contributed by atoms with Gasteiger partial charge in [0.2, 0.25) is 0 Å². The van der Waals surface area contributed by atoms with Crippen molar-refractivity contribution in [2.24, 2.45) is 4.99 Å². The van der Waals surface area contributed by atoms with Crippen molar-refractivity contribution in [2.75, 3.05) is 27.3 Å². The standard InChI is InChI=1S/C22H27N5O2/c1-17-4-8-21(9-5-17)29-15-13-24-22(23-2)25-16-18-12-14-27(26-18)19-6-10-20(28-3)11-7-19/h4-12,14H,13,15-16H2,1-3H3,(H2,23,24,25). The molecule has 3 rings (SSSR count). The summed E-state index contributed by atoms with van der Waals surface area (Å²) in [5, 5.41) is 11.1. The molecule has 0 aliphatic heterocycles. The van der Waals surface area contributed by atoms with Crippen molar-refractivity contribution >= 4 is 5.96 Å². The summed E-state index contributed by atoms with van der Waals surface area (Å²) < 4.78 is 12.7. The van der Waals surface area contributed by atoms with Crippen LogP contribution < -0.4 is 20.1 Å². The lowest BCUT2D eigenvalue weighted by Gasteiger charge is -2.12. The Balaban J connectivity index is 1.43. The number of aliphatic imine (C=N–C) groups is 1. The molecule has 0 atom stereocenters. The van der Waals surface area contributed by atoms with Crippen LogP contribution in [-0.4, -0.2) is 43.0 Å². The van der Waals surface area contributed by atoms with Gasteiger partial charge in [-0.25, -0.2) is 4.68 Å². The highest BCUT2D eigenvalue weighted by molar-refractivity contribution is 5.79. The van der Waals surface area contributed by atoms with Gasteiger partial charge in [0.25, 0.3) is 0 Å². The topological polar surface area (TPSA) is 72.7 Å². The maximum absolute atomic E-state index is 5.72. The van der Waals surface area contributed by atoms with Crippen LogP contribution in [-0.2, 0) is 6.54 Å². The summed E-state index contributed by atoms with van der Waals surface area (Å²) in [5.74, 6) is 2.39. The Kier molecular flexibility index (Phi) is 7.10. The molecule has 2 aromatic carbocycles. The van der Waals surface area contributed by atoms with Crippen LogP contribution in [0.2, 0.25) is 0 Å². The van der Waals surface area contributed by atoms with Crippen molar-refractivity contribution in [2.45, 2.75) is 13.5 Å². The van der Waals surface area contributed by atoms with Crippen LogP contribution >= 0.6 is 0 Å². The SMILES string of the molecule is CN=C(NCCOc1ccc(C)cc1)NCc1ccn(-c2ccc(OC)cc2)n1. The second-order valence-electron chi connectivity index (χ2n) is 6.46. The molecule has 0 bridgehead atoms. The van der Waals surface area contributed by atoms with Gasteiger partial charge in [-0.2, -0.15) is 5.10 Å². The fraction of sp³-hybridized carbons (Fsp3) is 0.273. The Hall–Kier alpha value is -3.48. The first-order chi connectivity index (χ1) is 14.2. The lowest BCUT2D eigenvalue weighted by Crippen LogP contribution is -2.39. The van der Waals surface area contributed by atoms with E-state index in [1.165, 1.54) is 5.56 Å². The zero-order valence-electron chi connectivity index (χ0n) is 17.1. The lowest BCUT2D eigenvalue weighted by molar-refractivity contribution is 0.322. The van der Waals surface area contributed by atoms with E-state index < -0.39 is 0 Å². The van der Waals surface area contributed by atoms with Gasteiger partial charge in [0.05, 0.1) is 31.6 Å². The third-order valence-electron chi connectivity index (χ3n) is 4.33. The van der Waals surface area contributed by atoms with Crippen molar-refractivity contribution in [3.05, 3.63) is 72.1 Å². The molecule has 152 valence electrons. The molecule has 0 aliphatic carbocycles. The first-order valence-electron chi connectivity index (χ1n) is 9.51. The number of benzene rings is 2. The molecule has 0 fully saturated rings. The number of nitrogens with one attached hydrogen (secondary N) is 2. The zero-order valence-corrected chi connectivity index (χ0v) is 17.1. The molecule has 7 heteroatoms. The summed E-state index contributed by atoms with van der Waals surface area (Å²) in [7, 11) is 3.40. The van der Waals surface area contributed by atoms with Crippen LogP contribution in [0.25, 0.3) is 5.69 Å². The molecule has 0 spiro atoms. The summed E-state index contributed by atoms with van der Waals surface area (Å²) in [6.45, 7) is 3.83. The van der Waals surface area contributed by atoms with Gasteiger partial charge in [0.1, 0.15) is 18.1 Å². The quantitative estimate of drug-likeness (QED) is 0.350. The largest absolute Gasteiger partial charge is 0.497 e. The number of nitrogens with zero attached hydrogens (tertiary/aromatic N) is 3. The molecule has 1 heterocycles. The number of hydrogen-bond acceptors (Lipinski definition) is 4. The van der Waals surface area contributed by atoms with Crippen molar-refractivity contribution in [1.82, 2.24) is 20.4 Å². The van der Waals surface area contributed by atoms with Gasteiger partial charge >= 0.3 is 0 Å². The summed E-state index contributed by atoms with van der Waals surface area (Å²) in [6, 6.07) is 17.8. The third kappa shape index (κ3) is 6.00. The summed E-state index contributed by atoms with van der Waals surface area (Å²) in [4.78, 5) is 4.23. The van der Waals surface area contributed by atoms with Crippen LogP contribution in [0.5, 0.6) is 11.5 Å². The van der Waals surface area contributed by atoms with Gasteiger partial charge in [-0.3, -0.25) is 4.99 Å². The van der Waals surface area contributed by atoms with Crippen molar-refractivity contribution < 1.29 is 9.47 Å². The number of hydrogen-bond donors (Lipinski definition) is 2. The fourth-order valence-electron chi connectivity index (χ4n) is 2.70. The Morgan fingerprint density at radius 1 is 1.00 bits per heavy atom. The molecule has 0 saturated heterocycles. The highest BCUT2D eigenvalue weighted by Crippen LogP contribution is 2.14. The summed E-state index contributed by atoms with van der Waals surface area (Å²) >= 11 is 0. The number of rotatable bonds is 8. The smallest absolute Gasteiger partial charge is 0.191 e. The van der Waals surface area contributed by atoms with E-state index in [4.69, 9.17) is 9.47 Å². The Labute approximate surface area is 171 Å². The minimum atomic E-state index is 0.551. The van der Waals surface area contributed by atoms with E-state index >= 15 is 0 Å². The number of aryl methyl sites for hydroxylation is 1. The van der Waals surface area contributed by atoms with Gasteiger partial charge in [-0.1, -0.05) is 17.7 Å². The molecule has 7 nitrogen and oxygen atoms in total. The normalized spacial score (nSPS) is 11.2. The molecular weight excluding hydrogens is 366 g/mol. The Morgan fingerprint density at radius 3 is 2.41 bits per heavy atom. The van der Waals surface area contributed by atoms with E-state index in [0.29, 0.717) is 25.7 Å².